The zero-order valence-electron chi connectivity index (χ0n) is 15.5. The van der Waals surface area contributed by atoms with Gasteiger partial charge in [-0.25, -0.2) is 14.1 Å². The summed E-state index contributed by atoms with van der Waals surface area (Å²) >= 11 is 0. The summed E-state index contributed by atoms with van der Waals surface area (Å²) in [6, 6.07) is 12.7. The van der Waals surface area contributed by atoms with Gasteiger partial charge in [0.25, 0.3) is 0 Å². The maximum atomic E-state index is 13.9. The van der Waals surface area contributed by atoms with Gasteiger partial charge in [-0.2, -0.15) is 5.10 Å². The van der Waals surface area contributed by atoms with Crippen molar-refractivity contribution < 1.29 is 13.9 Å². The fraction of sp³-hybridized carbons (Fsp3) is 0.0952. The zero-order chi connectivity index (χ0) is 20.5. The van der Waals surface area contributed by atoms with Crippen molar-refractivity contribution in [3.63, 3.8) is 0 Å². The largest absolute Gasteiger partial charge is 0.482 e. The molecule has 4 rings (SSSR count). The van der Waals surface area contributed by atoms with Crippen LogP contribution in [0.25, 0.3) is 16.6 Å². The highest BCUT2D eigenvalue weighted by molar-refractivity contribution is 5.97. The molecule has 0 spiro atoms. The molecule has 0 aliphatic rings. The molecule has 0 saturated carbocycles. The number of benzene rings is 2. The molecule has 4 aromatic rings. The number of halogens is 1. The summed E-state index contributed by atoms with van der Waals surface area (Å²) < 4.78 is 21.6. The minimum absolute atomic E-state index is 0.188. The predicted molar refractivity (Wildman–Crippen MR) is 107 cm³/mol. The van der Waals surface area contributed by atoms with Crippen LogP contribution in [0.15, 0.2) is 60.9 Å². The number of primary amides is 1. The average Bonchev–Trinajstić information content (AvgIpc) is 3.22. The van der Waals surface area contributed by atoms with Gasteiger partial charge in [0.1, 0.15) is 11.9 Å². The normalized spacial score (nSPS) is 12.1. The molecular formula is C21H18FN5O2. The molecule has 0 aliphatic heterocycles. The molecule has 4 N–H and O–H groups in total. The van der Waals surface area contributed by atoms with Crippen LogP contribution in [0.1, 0.15) is 28.9 Å². The van der Waals surface area contributed by atoms with Gasteiger partial charge in [-0.1, -0.05) is 0 Å². The molecule has 0 saturated heterocycles. The fourth-order valence-electron chi connectivity index (χ4n) is 3.14. The maximum Gasteiger partial charge on any atom is 0.248 e. The smallest absolute Gasteiger partial charge is 0.248 e. The Labute approximate surface area is 165 Å². The van der Waals surface area contributed by atoms with E-state index in [9.17, 15) is 9.18 Å². The van der Waals surface area contributed by atoms with Gasteiger partial charge in [0.2, 0.25) is 5.91 Å². The van der Waals surface area contributed by atoms with Crippen LogP contribution in [-0.2, 0) is 0 Å². The Morgan fingerprint density at radius 3 is 2.76 bits per heavy atom. The molecule has 0 fully saturated rings. The molecule has 0 radical (unpaired) electrons. The number of rotatable bonds is 5. The molecule has 1 amide bonds. The van der Waals surface area contributed by atoms with Crippen molar-refractivity contribution in [2.75, 3.05) is 5.73 Å². The fourth-order valence-corrected chi connectivity index (χ4v) is 3.14. The van der Waals surface area contributed by atoms with Crippen molar-refractivity contribution in [2.45, 2.75) is 13.0 Å². The van der Waals surface area contributed by atoms with Gasteiger partial charge in [0, 0.05) is 28.9 Å². The van der Waals surface area contributed by atoms with E-state index in [0.717, 1.165) is 0 Å². The van der Waals surface area contributed by atoms with E-state index in [1.165, 1.54) is 12.1 Å². The lowest BCUT2D eigenvalue weighted by Gasteiger charge is -2.19. The van der Waals surface area contributed by atoms with Gasteiger partial charge in [-0.3, -0.25) is 4.79 Å². The van der Waals surface area contributed by atoms with Gasteiger partial charge < -0.3 is 16.2 Å². The number of amides is 1. The number of nitrogen functional groups attached to an aromatic ring is 1. The van der Waals surface area contributed by atoms with Crippen LogP contribution in [-0.4, -0.2) is 20.7 Å². The number of fused-ring (bicyclic) bond motifs is 1. The highest BCUT2D eigenvalue weighted by Crippen LogP contribution is 2.32. The number of carbonyl (C=O) groups is 1. The molecule has 146 valence electrons. The summed E-state index contributed by atoms with van der Waals surface area (Å²) in [4.78, 5) is 15.8. The third-order valence-electron chi connectivity index (χ3n) is 4.57. The summed E-state index contributed by atoms with van der Waals surface area (Å²) in [7, 11) is 0. The molecule has 29 heavy (non-hydrogen) atoms. The molecule has 2 aromatic heterocycles. The van der Waals surface area contributed by atoms with Gasteiger partial charge in [0.15, 0.2) is 11.6 Å². The number of aromatic nitrogens is 3. The molecule has 1 atom stereocenters. The Hall–Kier alpha value is -3.94. The van der Waals surface area contributed by atoms with E-state index in [4.69, 9.17) is 16.2 Å². The van der Waals surface area contributed by atoms with E-state index >= 15 is 0 Å². The molecule has 0 aliphatic carbocycles. The number of nitrogens with zero attached hydrogens (tertiary/aromatic N) is 3. The summed E-state index contributed by atoms with van der Waals surface area (Å²) in [6.45, 7) is 1.78. The molecule has 2 aromatic carbocycles. The second kappa shape index (κ2) is 7.23. The molecule has 2 heterocycles. The number of nitrogens with two attached hydrogens (primary N) is 2. The quantitative estimate of drug-likeness (QED) is 0.542. The molecule has 0 unspecified atom stereocenters. The lowest BCUT2D eigenvalue weighted by molar-refractivity contribution is 0.100. The van der Waals surface area contributed by atoms with E-state index in [1.54, 1.807) is 60.4 Å². The zero-order valence-corrected chi connectivity index (χ0v) is 15.5. The molecule has 8 heteroatoms. The van der Waals surface area contributed by atoms with Crippen LogP contribution >= 0.6 is 0 Å². The van der Waals surface area contributed by atoms with Crippen molar-refractivity contribution >= 4 is 22.6 Å². The Balaban J connectivity index is 1.72. The summed E-state index contributed by atoms with van der Waals surface area (Å²) in [6.07, 6.45) is 2.85. The second-order valence-corrected chi connectivity index (χ2v) is 6.56. The Morgan fingerprint density at radius 2 is 2.03 bits per heavy atom. The SMILES string of the molecule is C[C@H](Oc1cc2cc(C(N)=O)ccc2nc1N)c1cc(F)ccc1-n1cccn1. The predicted octanol–water partition coefficient (Wildman–Crippen LogP) is 3.38. The Kier molecular flexibility index (Phi) is 4.59. The third kappa shape index (κ3) is 3.60. The highest BCUT2D eigenvalue weighted by Gasteiger charge is 2.17. The van der Waals surface area contributed by atoms with Crippen LogP contribution in [0.5, 0.6) is 5.75 Å². The van der Waals surface area contributed by atoms with Gasteiger partial charge in [-0.15, -0.1) is 0 Å². The average molecular weight is 391 g/mol. The van der Waals surface area contributed by atoms with Crippen LogP contribution < -0.4 is 16.2 Å². The van der Waals surface area contributed by atoms with E-state index in [2.05, 4.69) is 10.1 Å². The van der Waals surface area contributed by atoms with Gasteiger partial charge in [0.05, 0.1) is 11.2 Å². The topological polar surface area (TPSA) is 109 Å². The summed E-state index contributed by atoms with van der Waals surface area (Å²) in [5.41, 5.74) is 13.6. The molecule has 0 bridgehead atoms. The van der Waals surface area contributed by atoms with Crippen molar-refractivity contribution in [1.29, 1.82) is 0 Å². The monoisotopic (exact) mass is 391 g/mol. The number of pyridine rings is 1. The van der Waals surface area contributed by atoms with Crippen molar-refractivity contribution in [1.82, 2.24) is 14.8 Å². The first kappa shape index (κ1) is 18.4. The van der Waals surface area contributed by atoms with Crippen molar-refractivity contribution in [3.05, 3.63) is 77.9 Å². The standard InChI is InChI=1S/C21H18FN5O2/c1-12(16-11-15(22)4-6-18(16)27-8-2-7-25-27)29-19-10-14-9-13(21(24)28)3-5-17(14)26-20(19)23/h2-12H,1H3,(H2,23,26)(H2,24,28)/t12-/m0/s1. The Bertz CT molecular complexity index is 1210. The molecule has 7 nitrogen and oxygen atoms in total. The minimum Gasteiger partial charge on any atom is -0.482 e. The third-order valence-corrected chi connectivity index (χ3v) is 4.57. The lowest BCUT2D eigenvalue weighted by Crippen LogP contribution is -2.11. The first-order chi connectivity index (χ1) is 13.9. The van der Waals surface area contributed by atoms with E-state index in [0.29, 0.717) is 33.5 Å². The van der Waals surface area contributed by atoms with Gasteiger partial charge in [-0.05, 0) is 55.5 Å². The number of hydrogen-bond acceptors (Lipinski definition) is 5. The number of ether oxygens (including phenoxy) is 1. The number of hydrogen-bond donors (Lipinski definition) is 2. The summed E-state index contributed by atoms with van der Waals surface area (Å²) in [5.74, 6) is -0.416. The highest BCUT2D eigenvalue weighted by atomic mass is 19.1. The van der Waals surface area contributed by atoms with E-state index < -0.39 is 12.0 Å². The maximum absolute atomic E-state index is 13.9. The first-order valence-electron chi connectivity index (χ1n) is 8.88. The summed E-state index contributed by atoms with van der Waals surface area (Å²) in [5, 5.41) is 4.87. The van der Waals surface area contributed by atoms with Gasteiger partial charge >= 0.3 is 0 Å². The van der Waals surface area contributed by atoms with Crippen molar-refractivity contribution in [2.24, 2.45) is 5.73 Å². The van der Waals surface area contributed by atoms with Crippen molar-refractivity contribution in [3.8, 4) is 11.4 Å². The van der Waals surface area contributed by atoms with Crippen LogP contribution in [0.3, 0.4) is 0 Å². The van der Waals surface area contributed by atoms with E-state index in [1.807, 2.05) is 0 Å². The van der Waals surface area contributed by atoms with Crippen LogP contribution in [0.2, 0.25) is 0 Å². The first-order valence-corrected chi connectivity index (χ1v) is 8.88. The molecular weight excluding hydrogens is 373 g/mol. The number of carbonyl (C=O) groups excluding carboxylic acids is 1. The second-order valence-electron chi connectivity index (χ2n) is 6.56. The Morgan fingerprint density at radius 1 is 1.21 bits per heavy atom. The van der Waals surface area contributed by atoms with Crippen LogP contribution in [0.4, 0.5) is 10.2 Å². The number of anilines is 1. The lowest BCUT2D eigenvalue weighted by atomic mass is 10.1. The van der Waals surface area contributed by atoms with E-state index in [-0.39, 0.29) is 11.6 Å². The van der Waals surface area contributed by atoms with Crippen LogP contribution in [0, 0.1) is 5.82 Å². The minimum atomic E-state index is -0.550.